The minimum Gasteiger partial charge on any atom is -0.480 e. The van der Waals surface area contributed by atoms with Crippen molar-refractivity contribution in [3.63, 3.8) is 0 Å². The molecule has 0 aliphatic carbocycles. The smallest absolute Gasteiger partial charge is 0.325 e. The van der Waals surface area contributed by atoms with Crippen LogP contribution in [0.5, 0.6) is 0 Å². The van der Waals surface area contributed by atoms with Gasteiger partial charge in [-0.3, -0.25) is 19.4 Å². The van der Waals surface area contributed by atoms with Crippen LogP contribution in [0.3, 0.4) is 0 Å². The summed E-state index contributed by atoms with van der Waals surface area (Å²) in [4.78, 5) is 25.8. The molecular weight excluding hydrogens is 334 g/mol. The van der Waals surface area contributed by atoms with Gasteiger partial charge in [-0.2, -0.15) is 10.2 Å². The molecule has 1 fully saturated rings. The summed E-state index contributed by atoms with van der Waals surface area (Å²) in [7, 11) is 0. The van der Waals surface area contributed by atoms with E-state index in [1.165, 1.54) is 4.68 Å². The number of piperidine rings is 1. The molecule has 4 rings (SSSR count). The van der Waals surface area contributed by atoms with Crippen LogP contribution in [0.2, 0.25) is 0 Å². The zero-order valence-electron chi connectivity index (χ0n) is 14.1. The Morgan fingerprint density at radius 2 is 2.12 bits per heavy atom. The summed E-state index contributed by atoms with van der Waals surface area (Å²) in [5.74, 6) is -0.960. The number of nitrogens with one attached hydrogen (secondary N) is 1. The van der Waals surface area contributed by atoms with Crippen molar-refractivity contribution in [3.8, 4) is 0 Å². The van der Waals surface area contributed by atoms with Crippen LogP contribution < -0.4 is 0 Å². The van der Waals surface area contributed by atoms with E-state index in [9.17, 15) is 9.59 Å². The van der Waals surface area contributed by atoms with Crippen LogP contribution in [0.15, 0.2) is 36.5 Å². The summed E-state index contributed by atoms with van der Waals surface area (Å²) >= 11 is 0. The Bertz CT molecular complexity index is 961. The first-order valence-electron chi connectivity index (χ1n) is 8.59. The molecule has 1 aliphatic rings. The second-order valence-electron chi connectivity index (χ2n) is 6.52. The van der Waals surface area contributed by atoms with E-state index in [1.54, 1.807) is 11.1 Å². The molecule has 1 atom stereocenters. The highest BCUT2D eigenvalue weighted by Gasteiger charge is 2.29. The Kier molecular flexibility index (Phi) is 4.16. The van der Waals surface area contributed by atoms with Crippen molar-refractivity contribution in [2.24, 2.45) is 0 Å². The van der Waals surface area contributed by atoms with E-state index >= 15 is 0 Å². The van der Waals surface area contributed by atoms with Gasteiger partial charge in [-0.15, -0.1) is 0 Å². The molecule has 1 saturated heterocycles. The molecule has 0 saturated carbocycles. The van der Waals surface area contributed by atoms with Crippen LogP contribution in [0.1, 0.15) is 34.9 Å². The molecule has 134 valence electrons. The van der Waals surface area contributed by atoms with Gasteiger partial charge in [-0.25, -0.2) is 0 Å². The number of fused-ring (bicyclic) bond motifs is 1. The Hall–Kier alpha value is -3.16. The number of rotatable bonds is 4. The number of aromatic amines is 1. The molecule has 0 radical (unpaired) electrons. The van der Waals surface area contributed by atoms with Gasteiger partial charge in [0.15, 0.2) is 5.69 Å². The predicted molar refractivity (Wildman–Crippen MR) is 93.8 cm³/mol. The summed E-state index contributed by atoms with van der Waals surface area (Å²) in [5, 5.41) is 21.1. The number of benzene rings is 1. The van der Waals surface area contributed by atoms with Gasteiger partial charge < -0.3 is 10.0 Å². The summed E-state index contributed by atoms with van der Waals surface area (Å²) < 4.78 is 1.50. The first-order valence-corrected chi connectivity index (χ1v) is 8.59. The lowest BCUT2D eigenvalue weighted by Crippen LogP contribution is -2.40. The first-order chi connectivity index (χ1) is 12.6. The van der Waals surface area contributed by atoms with E-state index in [0.717, 1.165) is 29.4 Å². The maximum atomic E-state index is 13.0. The summed E-state index contributed by atoms with van der Waals surface area (Å²) in [6, 6.07) is 9.40. The largest absolute Gasteiger partial charge is 0.480 e. The third-order valence-electron chi connectivity index (χ3n) is 4.83. The van der Waals surface area contributed by atoms with Gasteiger partial charge >= 0.3 is 5.97 Å². The van der Waals surface area contributed by atoms with Crippen molar-refractivity contribution >= 4 is 22.8 Å². The highest BCUT2D eigenvalue weighted by molar-refractivity contribution is 6.04. The minimum atomic E-state index is -0.929. The molecule has 0 spiro atoms. The minimum absolute atomic E-state index is 0.0692. The lowest BCUT2D eigenvalue weighted by atomic mass is 9.94. The number of likely N-dealkylation sites (tertiary alicyclic amines) is 1. The number of nitrogens with zero attached hydrogens (tertiary/aromatic N) is 4. The molecule has 1 amide bonds. The molecule has 1 aliphatic heterocycles. The number of hydrogen-bond donors (Lipinski definition) is 2. The van der Waals surface area contributed by atoms with Gasteiger partial charge in [-0.05, 0) is 25.0 Å². The van der Waals surface area contributed by atoms with E-state index in [2.05, 4.69) is 15.3 Å². The second kappa shape index (κ2) is 6.62. The maximum Gasteiger partial charge on any atom is 0.325 e. The molecule has 2 N–H and O–H groups in total. The average molecular weight is 353 g/mol. The number of carbonyl (C=O) groups is 2. The number of carbonyl (C=O) groups excluding carboxylic acids is 1. The van der Waals surface area contributed by atoms with Crippen LogP contribution in [0.25, 0.3) is 10.9 Å². The van der Waals surface area contributed by atoms with Crippen molar-refractivity contribution in [2.75, 3.05) is 13.1 Å². The third kappa shape index (κ3) is 2.94. The number of aliphatic carboxylic acids is 1. The number of hydrogen-bond acceptors (Lipinski definition) is 4. The number of aromatic nitrogens is 4. The van der Waals surface area contributed by atoms with E-state index in [4.69, 9.17) is 5.11 Å². The van der Waals surface area contributed by atoms with E-state index in [1.807, 2.05) is 30.3 Å². The molecule has 1 unspecified atom stereocenters. The molecule has 2 aromatic heterocycles. The monoisotopic (exact) mass is 353 g/mol. The lowest BCUT2D eigenvalue weighted by Gasteiger charge is -2.32. The fraction of sp³-hybridized carbons (Fsp3) is 0.333. The van der Waals surface area contributed by atoms with E-state index in [0.29, 0.717) is 18.8 Å². The van der Waals surface area contributed by atoms with Gasteiger partial charge in [0.1, 0.15) is 6.54 Å². The van der Waals surface area contributed by atoms with Crippen LogP contribution >= 0.6 is 0 Å². The summed E-state index contributed by atoms with van der Waals surface area (Å²) in [6.45, 7) is 1.03. The Morgan fingerprint density at radius 1 is 1.27 bits per heavy atom. The number of carboxylic acids is 1. The zero-order chi connectivity index (χ0) is 18.1. The molecule has 1 aromatic carbocycles. The van der Waals surface area contributed by atoms with Crippen LogP contribution in [-0.2, 0) is 11.3 Å². The van der Waals surface area contributed by atoms with Crippen molar-refractivity contribution in [3.05, 3.63) is 47.9 Å². The Labute approximate surface area is 149 Å². The van der Waals surface area contributed by atoms with Gasteiger partial charge in [-0.1, -0.05) is 18.2 Å². The molecular formula is C18H19N5O3. The number of amides is 1. The van der Waals surface area contributed by atoms with Gasteiger partial charge in [0.25, 0.3) is 5.91 Å². The van der Waals surface area contributed by atoms with Crippen molar-refractivity contribution < 1.29 is 14.7 Å². The van der Waals surface area contributed by atoms with E-state index in [-0.39, 0.29) is 18.4 Å². The summed E-state index contributed by atoms with van der Waals surface area (Å²) in [6.07, 6.45) is 3.37. The van der Waals surface area contributed by atoms with Crippen LogP contribution in [-0.4, -0.2) is 55.0 Å². The standard InChI is InChI=1S/C18H19N5O3/c24-16(25)11-23-15(7-8-19-23)12-4-3-9-22(10-12)18(26)17-13-5-1-2-6-14(13)20-21-17/h1-2,5-8,12H,3-4,9-11H2,(H,20,21)(H,24,25). The Morgan fingerprint density at radius 3 is 2.96 bits per heavy atom. The quantitative estimate of drug-likeness (QED) is 0.745. The van der Waals surface area contributed by atoms with Crippen molar-refractivity contribution in [1.29, 1.82) is 0 Å². The second-order valence-corrected chi connectivity index (χ2v) is 6.52. The molecule has 3 heterocycles. The number of carboxylic acid groups (broad SMARTS) is 1. The topological polar surface area (TPSA) is 104 Å². The normalized spacial score (nSPS) is 17.5. The van der Waals surface area contributed by atoms with Crippen molar-refractivity contribution in [1.82, 2.24) is 24.9 Å². The van der Waals surface area contributed by atoms with E-state index < -0.39 is 5.97 Å². The SMILES string of the molecule is O=C(O)Cn1nccc1C1CCCN(C(=O)c2n[nH]c3ccccc23)C1. The zero-order valence-corrected chi connectivity index (χ0v) is 14.1. The Balaban J connectivity index is 1.56. The molecule has 8 nitrogen and oxygen atoms in total. The highest BCUT2D eigenvalue weighted by atomic mass is 16.4. The summed E-state index contributed by atoms with van der Waals surface area (Å²) in [5.41, 5.74) is 2.13. The number of para-hydroxylation sites is 1. The fourth-order valence-electron chi connectivity index (χ4n) is 3.63. The molecule has 3 aromatic rings. The van der Waals surface area contributed by atoms with Gasteiger partial charge in [0.2, 0.25) is 0 Å². The predicted octanol–water partition coefficient (Wildman–Crippen LogP) is 1.86. The molecule has 8 heteroatoms. The van der Waals surface area contributed by atoms with Crippen molar-refractivity contribution in [2.45, 2.75) is 25.3 Å². The van der Waals surface area contributed by atoms with Gasteiger partial charge in [0.05, 0.1) is 5.52 Å². The maximum absolute atomic E-state index is 13.0. The lowest BCUT2D eigenvalue weighted by molar-refractivity contribution is -0.137. The first kappa shape index (κ1) is 16.3. The van der Waals surface area contributed by atoms with Crippen LogP contribution in [0, 0.1) is 0 Å². The van der Waals surface area contributed by atoms with Gasteiger partial charge in [0, 0.05) is 36.3 Å². The highest BCUT2D eigenvalue weighted by Crippen LogP contribution is 2.28. The molecule has 0 bridgehead atoms. The number of H-pyrrole nitrogens is 1. The fourth-order valence-corrected chi connectivity index (χ4v) is 3.63. The third-order valence-corrected chi connectivity index (χ3v) is 4.83. The van der Waals surface area contributed by atoms with Crippen LogP contribution in [0.4, 0.5) is 0 Å². The molecule has 26 heavy (non-hydrogen) atoms. The average Bonchev–Trinajstić information content (AvgIpc) is 3.27.